The smallest absolute Gasteiger partial charge is 0.350 e. The summed E-state index contributed by atoms with van der Waals surface area (Å²) in [6.07, 6.45) is -3.42. The minimum atomic E-state index is -4.54. The first-order chi connectivity index (χ1) is 11.6. The lowest BCUT2D eigenvalue weighted by Crippen LogP contribution is -2.42. The highest BCUT2D eigenvalue weighted by molar-refractivity contribution is 5.88. The molecule has 134 valence electrons. The van der Waals surface area contributed by atoms with E-state index in [-0.39, 0.29) is 12.1 Å². The molecule has 1 amide bonds. The molecule has 1 fully saturated rings. The molecule has 1 saturated carbocycles. The number of aryl methyl sites for hydroxylation is 2. The molecule has 0 saturated heterocycles. The maximum Gasteiger partial charge on any atom is 0.416 e. The van der Waals surface area contributed by atoms with Crippen LogP contribution >= 0.6 is 0 Å². The second-order valence-electron chi connectivity index (χ2n) is 6.52. The fraction of sp³-hybridized carbons (Fsp3) is 0.412. The summed E-state index contributed by atoms with van der Waals surface area (Å²) < 4.78 is 41.8. The van der Waals surface area contributed by atoms with Crippen LogP contribution in [0.1, 0.15) is 35.4 Å². The number of hydrogen-bond donors (Lipinski definition) is 2. The van der Waals surface area contributed by atoms with Crippen molar-refractivity contribution < 1.29 is 18.0 Å². The van der Waals surface area contributed by atoms with E-state index >= 15 is 0 Å². The molecule has 0 bridgehead atoms. The highest BCUT2D eigenvalue weighted by Gasteiger charge is 2.46. The van der Waals surface area contributed by atoms with Crippen LogP contribution in [0.15, 0.2) is 24.3 Å². The number of carbonyl (C=O) groups is 1. The lowest BCUT2D eigenvalue weighted by molar-refractivity contribution is -0.138. The van der Waals surface area contributed by atoms with Crippen LogP contribution in [0.2, 0.25) is 0 Å². The monoisotopic (exact) mass is 352 g/mol. The topological polar surface area (TPSA) is 72.9 Å². The number of carbonyl (C=O) groups excluding carboxylic acids is 1. The van der Waals surface area contributed by atoms with Gasteiger partial charge >= 0.3 is 6.18 Å². The molecule has 5 nitrogen and oxygen atoms in total. The van der Waals surface area contributed by atoms with Gasteiger partial charge in [0, 0.05) is 12.2 Å². The Morgan fingerprint density at radius 1 is 1.32 bits per heavy atom. The van der Waals surface area contributed by atoms with Gasteiger partial charge in [-0.25, -0.2) is 4.68 Å². The third kappa shape index (κ3) is 3.53. The van der Waals surface area contributed by atoms with Gasteiger partial charge < -0.3 is 11.1 Å². The van der Waals surface area contributed by atoms with E-state index in [2.05, 4.69) is 10.4 Å². The minimum absolute atomic E-state index is 0.00428. The molecule has 2 aromatic rings. The quantitative estimate of drug-likeness (QED) is 0.888. The van der Waals surface area contributed by atoms with Gasteiger partial charge in [0.2, 0.25) is 5.91 Å². The van der Waals surface area contributed by atoms with Gasteiger partial charge in [-0.1, -0.05) is 6.07 Å². The van der Waals surface area contributed by atoms with Crippen LogP contribution in [0.4, 0.5) is 13.2 Å². The summed E-state index contributed by atoms with van der Waals surface area (Å²) in [6, 6.07) is 5.77. The van der Waals surface area contributed by atoms with Crippen molar-refractivity contribution in [3.05, 3.63) is 46.8 Å². The maximum atomic E-state index is 13.5. The Morgan fingerprint density at radius 2 is 2.00 bits per heavy atom. The van der Waals surface area contributed by atoms with Gasteiger partial charge in [-0.15, -0.1) is 0 Å². The molecule has 1 aliphatic rings. The molecule has 1 heterocycles. The molecular formula is C17H19F3N4O. The SMILES string of the molecule is Cc1cc(C)n(-c2ccc(CNC(=O)C3(N)CC3)c(C(F)(F)F)c2)n1. The van der Waals surface area contributed by atoms with Crippen LogP contribution in [-0.2, 0) is 17.5 Å². The summed E-state index contributed by atoms with van der Waals surface area (Å²) in [5, 5.41) is 6.71. The van der Waals surface area contributed by atoms with E-state index in [4.69, 9.17) is 5.73 Å². The lowest BCUT2D eigenvalue weighted by atomic mass is 10.1. The predicted molar refractivity (Wildman–Crippen MR) is 86.0 cm³/mol. The molecule has 0 spiro atoms. The normalized spacial score (nSPS) is 15.9. The summed E-state index contributed by atoms with van der Waals surface area (Å²) in [5.41, 5.74) is 5.83. The Bertz CT molecular complexity index is 822. The summed E-state index contributed by atoms with van der Waals surface area (Å²) in [7, 11) is 0. The number of alkyl halides is 3. The van der Waals surface area contributed by atoms with Crippen molar-refractivity contribution in [2.75, 3.05) is 0 Å². The van der Waals surface area contributed by atoms with Crippen LogP contribution in [0, 0.1) is 13.8 Å². The van der Waals surface area contributed by atoms with Gasteiger partial charge in [0.05, 0.1) is 22.5 Å². The molecule has 0 aliphatic heterocycles. The van der Waals surface area contributed by atoms with Crippen molar-refractivity contribution in [2.45, 2.75) is 44.9 Å². The van der Waals surface area contributed by atoms with E-state index in [0.29, 0.717) is 18.5 Å². The summed E-state index contributed by atoms with van der Waals surface area (Å²) >= 11 is 0. The fourth-order valence-corrected chi connectivity index (χ4v) is 2.72. The highest BCUT2D eigenvalue weighted by Crippen LogP contribution is 2.35. The van der Waals surface area contributed by atoms with E-state index in [9.17, 15) is 18.0 Å². The van der Waals surface area contributed by atoms with E-state index in [1.165, 1.54) is 10.7 Å². The minimum Gasteiger partial charge on any atom is -0.350 e. The zero-order valence-electron chi connectivity index (χ0n) is 13.9. The number of benzene rings is 1. The fourth-order valence-electron chi connectivity index (χ4n) is 2.72. The second-order valence-corrected chi connectivity index (χ2v) is 6.52. The van der Waals surface area contributed by atoms with Gasteiger partial charge in [-0.3, -0.25) is 4.79 Å². The molecule has 1 aliphatic carbocycles. The third-order valence-electron chi connectivity index (χ3n) is 4.33. The Labute approximate surface area is 143 Å². The zero-order chi connectivity index (χ0) is 18.4. The number of hydrogen-bond acceptors (Lipinski definition) is 3. The molecule has 0 radical (unpaired) electrons. The summed E-state index contributed by atoms with van der Waals surface area (Å²) in [6.45, 7) is 3.33. The van der Waals surface area contributed by atoms with Crippen molar-refractivity contribution >= 4 is 5.91 Å². The molecule has 8 heteroatoms. The zero-order valence-corrected chi connectivity index (χ0v) is 13.9. The Kier molecular flexibility index (Phi) is 4.10. The number of aromatic nitrogens is 2. The molecule has 0 atom stereocenters. The Balaban J connectivity index is 1.90. The predicted octanol–water partition coefficient (Wildman–Crippen LogP) is 2.62. The Morgan fingerprint density at radius 3 is 2.52 bits per heavy atom. The number of nitrogens with zero attached hydrogens (tertiary/aromatic N) is 2. The van der Waals surface area contributed by atoms with Crippen LogP contribution in [-0.4, -0.2) is 21.2 Å². The van der Waals surface area contributed by atoms with Gasteiger partial charge in [0.1, 0.15) is 0 Å². The van der Waals surface area contributed by atoms with Crippen LogP contribution in [0.3, 0.4) is 0 Å². The molecule has 1 aromatic heterocycles. The highest BCUT2D eigenvalue weighted by atomic mass is 19.4. The van der Waals surface area contributed by atoms with E-state index in [1.807, 2.05) is 0 Å². The second kappa shape index (κ2) is 5.87. The molecule has 3 rings (SSSR count). The van der Waals surface area contributed by atoms with Crippen LogP contribution in [0.5, 0.6) is 0 Å². The molecule has 0 unspecified atom stereocenters. The first-order valence-corrected chi connectivity index (χ1v) is 7.91. The van der Waals surface area contributed by atoms with E-state index < -0.39 is 23.2 Å². The average molecular weight is 352 g/mol. The maximum absolute atomic E-state index is 13.5. The Hall–Kier alpha value is -2.35. The van der Waals surface area contributed by atoms with Crippen molar-refractivity contribution in [1.29, 1.82) is 0 Å². The standard InChI is InChI=1S/C17H19F3N4O/c1-10-7-11(2)24(23-10)13-4-3-12(14(8-13)17(18,19)20)9-22-15(25)16(21)5-6-16/h3-4,7-8H,5-6,9,21H2,1-2H3,(H,22,25). The van der Waals surface area contributed by atoms with E-state index in [0.717, 1.165) is 17.5 Å². The summed E-state index contributed by atoms with van der Waals surface area (Å²) in [4.78, 5) is 11.9. The number of nitrogens with one attached hydrogen (secondary N) is 1. The number of nitrogens with two attached hydrogens (primary N) is 1. The lowest BCUT2D eigenvalue weighted by Gasteiger charge is -2.17. The van der Waals surface area contributed by atoms with Gasteiger partial charge in [-0.2, -0.15) is 18.3 Å². The molecule has 3 N–H and O–H groups in total. The van der Waals surface area contributed by atoms with Crippen LogP contribution < -0.4 is 11.1 Å². The molecule has 1 aromatic carbocycles. The van der Waals surface area contributed by atoms with Gasteiger partial charge in [0.15, 0.2) is 0 Å². The third-order valence-corrected chi connectivity index (χ3v) is 4.33. The molecular weight excluding hydrogens is 333 g/mol. The van der Waals surface area contributed by atoms with Crippen molar-refractivity contribution in [2.24, 2.45) is 5.73 Å². The number of rotatable bonds is 4. The average Bonchev–Trinajstić information content (AvgIpc) is 3.19. The largest absolute Gasteiger partial charge is 0.416 e. The van der Waals surface area contributed by atoms with Crippen LogP contribution in [0.25, 0.3) is 5.69 Å². The first kappa shape index (κ1) is 17.5. The van der Waals surface area contributed by atoms with E-state index in [1.54, 1.807) is 26.0 Å². The van der Waals surface area contributed by atoms with Gasteiger partial charge in [0.25, 0.3) is 0 Å². The summed E-state index contributed by atoms with van der Waals surface area (Å²) in [5.74, 6) is -0.414. The number of halogens is 3. The van der Waals surface area contributed by atoms with Crippen molar-refractivity contribution in [3.63, 3.8) is 0 Å². The van der Waals surface area contributed by atoms with Crippen molar-refractivity contribution in [3.8, 4) is 5.69 Å². The van der Waals surface area contributed by atoms with Crippen molar-refractivity contribution in [1.82, 2.24) is 15.1 Å². The number of amides is 1. The molecule has 25 heavy (non-hydrogen) atoms. The van der Waals surface area contributed by atoms with Gasteiger partial charge in [-0.05, 0) is 50.5 Å². The first-order valence-electron chi connectivity index (χ1n) is 7.91.